The Balaban J connectivity index is 2.13. The van der Waals surface area contributed by atoms with Gasteiger partial charge in [-0.05, 0) is 31.5 Å². The molecule has 3 aromatic rings. The van der Waals surface area contributed by atoms with Gasteiger partial charge in [-0.15, -0.1) is 0 Å². The van der Waals surface area contributed by atoms with Crippen molar-refractivity contribution in [1.82, 2.24) is 19.9 Å². The van der Waals surface area contributed by atoms with Crippen LogP contribution < -0.4 is 5.32 Å². The molecule has 0 bridgehead atoms. The first-order valence-electron chi connectivity index (χ1n) is 8.58. The molecular weight excluding hydrogens is 368 g/mol. The summed E-state index contributed by atoms with van der Waals surface area (Å²) in [5, 5.41) is 14.2. The highest BCUT2D eigenvalue weighted by Gasteiger charge is 2.27. The highest BCUT2D eigenvalue weighted by molar-refractivity contribution is 6.32. The molecule has 140 valence electrons. The summed E-state index contributed by atoms with van der Waals surface area (Å²) < 4.78 is 1.08. The summed E-state index contributed by atoms with van der Waals surface area (Å²) in [6.45, 7) is 4.23. The maximum Gasteiger partial charge on any atom is 0.328 e. The number of hydrogen-bond acceptors (Lipinski definition) is 5. The maximum absolute atomic E-state index is 12.9. The monoisotopic (exact) mass is 386 g/mol. The Morgan fingerprint density at radius 3 is 2.70 bits per heavy atom. The number of carbonyl (C=O) groups excluding carboxylic acids is 2. The lowest BCUT2D eigenvalue weighted by Gasteiger charge is -2.08. The van der Waals surface area contributed by atoms with Gasteiger partial charge in [-0.1, -0.05) is 24.9 Å². The van der Waals surface area contributed by atoms with Crippen LogP contribution in [0.15, 0.2) is 30.6 Å². The minimum absolute atomic E-state index is 0.0312. The normalized spacial score (nSPS) is 10.9. The molecule has 8 heteroatoms. The summed E-state index contributed by atoms with van der Waals surface area (Å²) in [4.78, 5) is 33.7. The van der Waals surface area contributed by atoms with E-state index in [2.05, 4.69) is 15.3 Å². The highest BCUT2D eigenvalue weighted by Crippen LogP contribution is 2.34. The van der Waals surface area contributed by atoms with Crippen LogP contribution in [0.3, 0.4) is 0 Å². The molecule has 2 heterocycles. The van der Waals surface area contributed by atoms with Crippen molar-refractivity contribution in [2.45, 2.75) is 26.7 Å². The van der Waals surface area contributed by atoms with Gasteiger partial charge in [0, 0.05) is 23.2 Å². The van der Waals surface area contributed by atoms with E-state index in [1.54, 1.807) is 25.1 Å². The number of fused-ring (bicyclic) bond motifs is 1. The van der Waals surface area contributed by atoms with E-state index < -0.39 is 17.7 Å². The van der Waals surface area contributed by atoms with Crippen molar-refractivity contribution in [1.29, 1.82) is 0 Å². The van der Waals surface area contributed by atoms with E-state index in [9.17, 15) is 14.7 Å². The predicted molar refractivity (Wildman–Crippen MR) is 103 cm³/mol. The van der Waals surface area contributed by atoms with E-state index >= 15 is 0 Å². The van der Waals surface area contributed by atoms with Crippen molar-refractivity contribution in [3.05, 3.63) is 52.6 Å². The van der Waals surface area contributed by atoms with Crippen LogP contribution in [0.1, 0.15) is 41.5 Å². The lowest BCUT2D eigenvalue weighted by atomic mass is 10.1. The lowest BCUT2D eigenvalue weighted by molar-refractivity contribution is 0.103. The van der Waals surface area contributed by atoms with E-state index in [4.69, 9.17) is 11.6 Å². The summed E-state index contributed by atoms with van der Waals surface area (Å²) in [6, 6.07) is 4.22. The fraction of sp³-hybridized carbons (Fsp3) is 0.263. The largest absolute Gasteiger partial charge is 0.494 e. The number of benzene rings is 1. The first-order chi connectivity index (χ1) is 12.9. The van der Waals surface area contributed by atoms with Crippen LogP contribution in [0, 0.1) is 6.92 Å². The topological polar surface area (TPSA) is 97.1 Å². The van der Waals surface area contributed by atoms with Gasteiger partial charge in [0.25, 0.3) is 0 Å². The van der Waals surface area contributed by atoms with E-state index in [0.29, 0.717) is 28.2 Å². The van der Waals surface area contributed by atoms with Crippen molar-refractivity contribution >= 4 is 34.3 Å². The van der Waals surface area contributed by atoms with E-state index in [0.717, 1.165) is 17.4 Å². The number of nitrogens with one attached hydrogen (secondary N) is 1. The second-order valence-corrected chi connectivity index (χ2v) is 6.59. The molecule has 1 aromatic carbocycles. The van der Waals surface area contributed by atoms with E-state index in [1.807, 2.05) is 6.92 Å². The van der Waals surface area contributed by atoms with Crippen molar-refractivity contribution in [3.63, 3.8) is 0 Å². The van der Waals surface area contributed by atoms with Crippen LogP contribution in [-0.4, -0.2) is 38.0 Å². The summed E-state index contributed by atoms with van der Waals surface area (Å²) in [6.07, 6.45) is 4.53. The number of aromatic nitrogens is 3. The molecular formula is C19H19ClN4O3. The number of carbonyl (C=O) groups is 2. The maximum atomic E-state index is 12.9. The molecule has 0 fully saturated rings. The highest BCUT2D eigenvalue weighted by atomic mass is 35.5. The summed E-state index contributed by atoms with van der Waals surface area (Å²) in [5.74, 6) is -0.985. The molecule has 7 nitrogen and oxygen atoms in total. The number of unbranched alkanes of at least 4 members (excludes halogenated alkanes) is 1. The smallest absolute Gasteiger partial charge is 0.328 e. The Labute approximate surface area is 161 Å². The predicted octanol–water partition coefficient (Wildman–Crippen LogP) is 3.69. The number of nitrogens with zero attached hydrogens (tertiary/aromatic N) is 3. The molecule has 0 saturated heterocycles. The zero-order valence-electron chi connectivity index (χ0n) is 15.0. The molecule has 0 aliphatic rings. The van der Waals surface area contributed by atoms with Gasteiger partial charge in [0.2, 0.25) is 11.7 Å². The molecule has 1 amide bonds. The third-order valence-corrected chi connectivity index (χ3v) is 4.39. The van der Waals surface area contributed by atoms with Crippen molar-refractivity contribution in [2.75, 3.05) is 6.54 Å². The Morgan fingerprint density at radius 1 is 1.26 bits per heavy atom. The molecule has 0 aliphatic carbocycles. The van der Waals surface area contributed by atoms with Crippen molar-refractivity contribution in [2.24, 2.45) is 0 Å². The van der Waals surface area contributed by atoms with Gasteiger partial charge in [-0.25, -0.2) is 14.3 Å². The lowest BCUT2D eigenvalue weighted by Crippen LogP contribution is -2.29. The zero-order valence-corrected chi connectivity index (χ0v) is 15.7. The third-order valence-electron chi connectivity index (χ3n) is 4.15. The van der Waals surface area contributed by atoms with Crippen molar-refractivity contribution < 1.29 is 14.7 Å². The quantitative estimate of drug-likeness (QED) is 0.515. The summed E-state index contributed by atoms with van der Waals surface area (Å²) >= 11 is 6.07. The SMILES string of the molecule is CCCCNC(=O)n1c(O)c(C(=O)c2cnc(C)cn2)c2cc(Cl)ccc21. The van der Waals surface area contributed by atoms with Crippen LogP contribution in [0.25, 0.3) is 10.9 Å². The van der Waals surface area contributed by atoms with E-state index in [1.165, 1.54) is 12.4 Å². The van der Waals surface area contributed by atoms with Gasteiger partial charge in [-0.3, -0.25) is 9.78 Å². The first kappa shape index (κ1) is 18.8. The molecule has 0 atom stereocenters. The third kappa shape index (κ3) is 3.64. The number of ketones is 1. The van der Waals surface area contributed by atoms with Gasteiger partial charge >= 0.3 is 6.03 Å². The average Bonchev–Trinajstić information content (AvgIpc) is 2.93. The molecule has 0 unspecified atom stereocenters. The minimum Gasteiger partial charge on any atom is -0.494 e. The minimum atomic E-state index is -0.535. The Hall–Kier alpha value is -2.93. The molecule has 0 radical (unpaired) electrons. The molecule has 3 rings (SSSR count). The fourth-order valence-electron chi connectivity index (χ4n) is 2.77. The van der Waals surface area contributed by atoms with Gasteiger partial charge in [0.15, 0.2) is 0 Å². The van der Waals surface area contributed by atoms with E-state index in [-0.39, 0.29) is 11.3 Å². The van der Waals surface area contributed by atoms with Crippen LogP contribution in [0.2, 0.25) is 5.02 Å². The number of amides is 1. The second-order valence-electron chi connectivity index (χ2n) is 6.15. The molecule has 0 saturated carbocycles. The average molecular weight is 387 g/mol. The molecule has 2 N–H and O–H groups in total. The Bertz CT molecular complexity index is 1010. The summed E-state index contributed by atoms with van der Waals surface area (Å²) in [7, 11) is 0. The number of rotatable bonds is 5. The Kier molecular flexibility index (Phi) is 5.41. The van der Waals surface area contributed by atoms with Crippen LogP contribution in [0.5, 0.6) is 5.88 Å². The second kappa shape index (κ2) is 7.75. The van der Waals surface area contributed by atoms with Gasteiger partial charge in [-0.2, -0.15) is 0 Å². The number of aromatic hydroxyl groups is 1. The number of halogens is 1. The van der Waals surface area contributed by atoms with Crippen molar-refractivity contribution in [3.8, 4) is 5.88 Å². The van der Waals surface area contributed by atoms with Gasteiger partial charge in [0.05, 0.1) is 23.0 Å². The summed E-state index contributed by atoms with van der Waals surface area (Å²) in [5.41, 5.74) is 1.09. The van der Waals surface area contributed by atoms with Gasteiger partial charge in [0.1, 0.15) is 5.69 Å². The van der Waals surface area contributed by atoms with Crippen LogP contribution >= 0.6 is 11.6 Å². The standard InChI is InChI=1S/C19H19ClN4O3/c1-3-4-7-21-19(27)24-15-6-5-12(20)8-13(15)16(18(24)26)17(25)14-10-22-11(2)9-23-14/h5-6,8-10,26H,3-4,7H2,1-2H3,(H,21,27). The van der Waals surface area contributed by atoms with Crippen LogP contribution in [-0.2, 0) is 0 Å². The number of hydrogen-bond donors (Lipinski definition) is 2. The first-order valence-corrected chi connectivity index (χ1v) is 8.96. The zero-order chi connectivity index (χ0) is 19.6. The Morgan fingerprint density at radius 2 is 2.04 bits per heavy atom. The fourth-order valence-corrected chi connectivity index (χ4v) is 2.94. The molecule has 0 spiro atoms. The molecule has 0 aliphatic heterocycles. The van der Waals surface area contributed by atoms with Gasteiger partial charge < -0.3 is 10.4 Å². The number of aryl methyl sites for hydroxylation is 1. The molecule has 27 heavy (non-hydrogen) atoms. The van der Waals surface area contributed by atoms with Crippen LogP contribution in [0.4, 0.5) is 4.79 Å². The molecule has 2 aromatic heterocycles.